The summed E-state index contributed by atoms with van der Waals surface area (Å²) < 4.78 is 11.8. The van der Waals surface area contributed by atoms with Gasteiger partial charge in [-0.15, -0.1) is 0 Å². The third-order valence-corrected chi connectivity index (χ3v) is 8.24. The van der Waals surface area contributed by atoms with Crippen molar-refractivity contribution in [2.24, 2.45) is 0 Å². The molecule has 2 unspecified atom stereocenters. The molecular formula is C29H20Cl3N3O4. The van der Waals surface area contributed by atoms with Gasteiger partial charge in [-0.25, -0.2) is 4.79 Å². The van der Waals surface area contributed by atoms with Crippen molar-refractivity contribution in [1.82, 2.24) is 10.1 Å². The van der Waals surface area contributed by atoms with Gasteiger partial charge in [0.2, 0.25) is 0 Å². The van der Waals surface area contributed by atoms with E-state index in [2.05, 4.69) is 16.2 Å². The average Bonchev–Trinajstić information content (AvgIpc) is 3.85. The fourth-order valence-corrected chi connectivity index (χ4v) is 5.98. The number of aromatic nitrogens is 2. The maximum Gasteiger partial charge on any atom is 0.335 e. The predicted octanol–water partition coefficient (Wildman–Crippen LogP) is 7.80. The fourth-order valence-electron chi connectivity index (χ4n) is 5.10. The van der Waals surface area contributed by atoms with Gasteiger partial charge in [0.05, 0.1) is 32.7 Å². The van der Waals surface area contributed by atoms with Crippen LogP contribution in [0.15, 0.2) is 59.4 Å². The van der Waals surface area contributed by atoms with Crippen LogP contribution in [0.2, 0.25) is 15.1 Å². The molecule has 4 aromatic rings. The van der Waals surface area contributed by atoms with E-state index in [-0.39, 0.29) is 24.0 Å². The first-order valence-electron chi connectivity index (χ1n) is 12.3. The summed E-state index contributed by atoms with van der Waals surface area (Å²) in [6.45, 7) is 0.156. The zero-order valence-electron chi connectivity index (χ0n) is 20.3. The Hall–Kier alpha value is -3.57. The van der Waals surface area contributed by atoms with E-state index >= 15 is 0 Å². The number of carbonyl (C=O) groups is 1. The number of aromatic carboxylic acids is 1. The fraction of sp³-hybridized carbons (Fsp3) is 0.241. The molecule has 10 heteroatoms. The molecule has 0 saturated heterocycles. The summed E-state index contributed by atoms with van der Waals surface area (Å²) in [5.41, 5.74) is 2.67. The summed E-state index contributed by atoms with van der Waals surface area (Å²) in [7, 11) is 0. The minimum Gasteiger partial charge on any atom is -0.489 e. The highest BCUT2D eigenvalue weighted by Gasteiger charge is 2.58. The monoisotopic (exact) mass is 579 g/mol. The topological polar surface area (TPSA) is 109 Å². The molecule has 1 N–H and O–H groups in total. The Morgan fingerprint density at radius 1 is 1.13 bits per heavy atom. The lowest BCUT2D eigenvalue weighted by molar-refractivity contribution is 0.0696. The van der Waals surface area contributed by atoms with Crippen molar-refractivity contribution in [3.63, 3.8) is 0 Å². The lowest BCUT2D eigenvalue weighted by Crippen LogP contribution is -2.08. The molecule has 2 saturated carbocycles. The van der Waals surface area contributed by atoms with E-state index in [4.69, 9.17) is 44.1 Å². The first-order valence-corrected chi connectivity index (χ1v) is 13.4. The lowest BCUT2D eigenvalue weighted by atomic mass is 9.91. The van der Waals surface area contributed by atoms with Gasteiger partial charge >= 0.3 is 5.97 Å². The summed E-state index contributed by atoms with van der Waals surface area (Å²) >= 11 is 19.5. The molecule has 7 nitrogen and oxygen atoms in total. The maximum atomic E-state index is 11.4. The number of hydrogen-bond donors (Lipinski definition) is 1. The van der Waals surface area contributed by atoms with Crippen LogP contribution >= 0.6 is 34.8 Å². The van der Waals surface area contributed by atoms with Gasteiger partial charge < -0.3 is 14.4 Å². The third-order valence-electron chi connectivity index (χ3n) is 7.36. The Balaban J connectivity index is 1.26. The maximum absolute atomic E-state index is 11.4. The van der Waals surface area contributed by atoms with Gasteiger partial charge in [-0.2, -0.15) is 5.26 Å². The van der Waals surface area contributed by atoms with Crippen molar-refractivity contribution in [3.05, 3.63) is 97.9 Å². The molecule has 0 bridgehead atoms. The van der Waals surface area contributed by atoms with Crippen LogP contribution < -0.4 is 4.74 Å². The molecule has 6 rings (SSSR count). The minimum absolute atomic E-state index is 0.151. The predicted molar refractivity (Wildman–Crippen MR) is 146 cm³/mol. The van der Waals surface area contributed by atoms with Crippen molar-refractivity contribution < 1.29 is 19.2 Å². The second-order valence-electron chi connectivity index (χ2n) is 9.83. The number of ether oxygens (including phenoxy) is 1. The summed E-state index contributed by atoms with van der Waals surface area (Å²) in [5.74, 6) is 0.389. The highest BCUT2D eigenvalue weighted by Crippen LogP contribution is 2.61. The lowest BCUT2D eigenvalue weighted by Gasteiger charge is -2.14. The van der Waals surface area contributed by atoms with Gasteiger partial charge in [-0.3, -0.25) is 4.98 Å². The molecule has 0 radical (unpaired) electrons. The van der Waals surface area contributed by atoms with Gasteiger partial charge in [-0.05, 0) is 54.7 Å². The van der Waals surface area contributed by atoms with Crippen LogP contribution in [0.1, 0.15) is 63.9 Å². The smallest absolute Gasteiger partial charge is 0.335 e. The van der Waals surface area contributed by atoms with Crippen molar-refractivity contribution in [1.29, 1.82) is 5.26 Å². The number of carboxylic acids is 1. The average molecular weight is 581 g/mol. The summed E-state index contributed by atoms with van der Waals surface area (Å²) in [6, 6.07) is 14.4. The Bertz CT molecular complexity index is 1640. The van der Waals surface area contributed by atoms with E-state index in [1.165, 1.54) is 18.5 Å². The van der Waals surface area contributed by atoms with E-state index in [1.807, 2.05) is 6.07 Å². The quantitative estimate of drug-likeness (QED) is 0.226. The van der Waals surface area contributed by atoms with Crippen LogP contribution in [0.4, 0.5) is 0 Å². The van der Waals surface area contributed by atoms with Gasteiger partial charge in [0, 0.05) is 34.8 Å². The van der Waals surface area contributed by atoms with Gasteiger partial charge in [0.25, 0.3) is 0 Å². The molecule has 0 amide bonds. The first kappa shape index (κ1) is 25.7. The number of nitrogens with zero attached hydrogens (tertiary/aromatic N) is 3. The number of rotatable bonds is 8. The molecule has 2 aromatic carbocycles. The van der Waals surface area contributed by atoms with E-state index in [9.17, 15) is 15.2 Å². The molecule has 2 fully saturated rings. The number of benzene rings is 2. The summed E-state index contributed by atoms with van der Waals surface area (Å²) in [4.78, 5) is 15.4. The molecule has 196 valence electrons. The van der Waals surface area contributed by atoms with Crippen LogP contribution in [0.3, 0.4) is 0 Å². The van der Waals surface area contributed by atoms with E-state index in [0.29, 0.717) is 44.1 Å². The Kier molecular flexibility index (Phi) is 6.50. The molecule has 2 heterocycles. The van der Waals surface area contributed by atoms with E-state index < -0.39 is 11.4 Å². The van der Waals surface area contributed by atoms with Crippen LogP contribution in [-0.4, -0.2) is 21.2 Å². The van der Waals surface area contributed by atoms with Crippen molar-refractivity contribution in [3.8, 4) is 23.1 Å². The van der Waals surface area contributed by atoms with Crippen LogP contribution in [-0.2, 0) is 12.0 Å². The second kappa shape index (κ2) is 9.87. The van der Waals surface area contributed by atoms with Gasteiger partial charge in [0.15, 0.2) is 0 Å². The molecule has 2 aromatic heterocycles. The number of nitriles is 1. The molecule has 0 spiro atoms. The molecule has 2 aliphatic rings. The molecular weight excluding hydrogens is 561 g/mol. The normalized spacial score (nSPS) is 19.9. The minimum atomic E-state index is -1.01. The summed E-state index contributed by atoms with van der Waals surface area (Å²) in [5, 5.41) is 24.9. The summed E-state index contributed by atoms with van der Waals surface area (Å²) in [6.07, 6.45) is 5.57. The number of pyridine rings is 1. The molecule has 2 aliphatic carbocycles. The molecule has 39 heavy (non-hydrogen) atoms. The van der Waals surface area contributed by atoms with Crippen molar-refractivity contribution in [2.75, 3.05) is 0 Å². The van der Waals surface area contributed by atoms with Crippen molar-refractivity contribution >= 4 is 40.8 Å². The van der Waals surface area contributed by atoms with Crippen LogP contribution in [0.25, 0.3) is 11.3 Å². The number of carboxylic acid groups (broad SMARTS) is 1. The SMILES string of the molecule is N#CC1(c2ccc(OCc3c(-c4c(Cl)cncc4Cl)noc3C3CC3)cc2Cl)CC1c1cccc(C(=O)O)c1. The van der Waals surface area contributed by atoms with E-state index in [0.717, 1.165) is 29.7 Å². The highest BCUT2D eigenvalue weighted by molar-refractivity contribution is 6.38. The highest BCUT2D eigenvalue weighted by atomic mass is 35.5. The standard InChI is InChI=1S/C29H20Cl3N3O4/c30-22-9-18(6-7-20(22)29(14-33)10-21(29)16-2-1-3-17(8-16)28(36)37)38-13-19-26(35-39-27(19)15-4-5-15)25-23(31)11-34-12-24(25)32/h1-3,6-9,11-12,15,21H,4-5,10,13H2,(H,36,37). The van der Waals surface area contributed by atoms with Crippen molar-refractivity contribution in [2.45, 2.75) is 43.1 Å². The second-order valence-corrected chi connectivity index (χ2v) is 11.0. The number of hydrogen-bond acceptors (Lipinski definition) is 6. The molecule has 2 atom stereocenters. The van der Waals surface area contributed by atoms with Crippen LogP contribution in [0.5, 0.6) is 5.75 Å². The van der Waals surface area contributed by atoms with E-state index in [1.54, 1.807) is 30.3 Å². The third kappa shape index (κ3) is 4.63. The largest absolute Gasteiger partial charge is 0.489 e. The Morgan fingerprint density at radius 2 is 1.90 bits per heavy atom. The molecule has 0 aliphatic heterocycles. The first-order chi connectivity index (χ1) is 18.8. The van der Waals surface area contributed by atoms with Crippen LogP contribution in [0, 0.1) is 11.3 Å². The van der Waals surface area contributed by atoms with Gasteiger partial charge in [-0.1, -0.05) is 58.2 Å². The zero-order chi connectivity index (χ0) is 27.3. The Labute approximate surface area is 238 Å². The zero-order valence-corrected chi connectivity index (χ0v) is 22.6. The number of halogens is 3. The van der Waals surface area contributed by atoms with Gasteiger partial charge in [0.1, 0.15) is 23.8 Å². The Morgan fingerprint density at radius 3 is 2.56 bits per heavy atom.